The van der Waals surface area contributed by atoms with Crippen LogP contribution >= 0.6 is 0 Å². The number of fused-ring (bicyclic) bond motifs is 1. The molecule has 0 aliphatic carbocycles. The van der Waals surface area contributed by atoms with Crippen LogP contribution < -0.4 is 4.74 Å². The standard InChI is InChI=1S/C12H10N2O6/c1-6(15)20-10-5-8(14(17)18)3-7-4-9(12(16)19-2)13-11(7)10/h3-5,13H,1-2H3. The van der Waals surface area contributed by atoms with Crippen LogP contribution in [0.5, 0.6) is 5.75 Å². The van der Waals surface area contributed by atoms with E-state index in [0.717, 1.165) is 6.07 Å². The first-order chi connectivity index (χ1) is 9.42. The van der Waals surface area contributed by atoms with E-state index >= 15 is 0 Å². The van der Waals surface area contributed by atoms with Gasteiger partial charge in [-0.2, -0.15) is 0 Å². The number of esters is 2. The largest absolute Gasteiger partial charge is 0.464 e. The van der Waals surface area contributed by atoms with Gasteiger partial charge in [0, 0.05) is 18.4 Å². The number of H-pyrrole nitrogens is 1. The zero-order valence-corrected chi connectivity index (χ0v) is 10.6. The fourth-order valence-corrected chi connectivity index (χ4v) is 1.76. The van der Waals surface area contributed by atoms with Gasteiger partial charge in [-0.25, -0.2) is 4.79 Å². The van der Waals surface area contributed by atoms with Crippen LogP contribution in [0.25, 0.3) is 10.9 Å². The van der Waals surface area contributed by atoms with Crippen molar-refractivity contribution in [1.29, 1.82) is 0 Å². The van der Waals surface area contributed by atoms with Gasteiger partial charge in [0.15, 0.2) is 5.75 Å². The van der Waals surface area contributed by atoms with E-state index in [1.165, 1.54) is 26.2 Å². The molecule has 104 valence electrons. The number of nitrogens with one attached hydrogen (secondary N) is 1. The predicted molar refractivity (Wildman–Crippen MR) is 67.6 cm³/mol. The smallest absolute Gasteiger partial charge is 0.354 e. The number of carbonyl (C=O) groups is 2. The summed E-state index contributed by atoms with van der Waals surface area (Å²) in [6.07, 6.45) is 0. The molecule has 1 aromatic heterocycles. The van der Waals surface area contributed by atoms with Crippen molar-refractivity contribution in [3.05, 3.63) is 34.0 Å². The fourth-order valence-electron chi connectivity index (χ4n) is 1.76. The first kappa shape index (κ1) is 13.5. The van der Waals surface area contributed by atoms with Crippen molar-refractivity contribution < 1.29 is 24.0 Å². The number of nitrogens with zero attached hydrogens (tertiary/aromatic N) is 1. The highest BCUT2D eigenvalue weighted by molar-refractivity contribution is 5.98. The molecule has 0 saturated heterocycles. The third-order valence-electron chi connectivity index (χ3n) is 2.55. The van der Waals surface area contributed by atoms with Gasteiger partial charge in [-0.3, -0.25) is 14.9 Å². The van der Waals surface area contributed by atoms with Gasteiger partial charge >= 0.3 is 11.9 Å². The molecule has 0 aliphatic rings. The second-order valence-electron chi connectivity index (χ2n) is 3.93. The number of aromatic nitrogens is 1. The van der Waals surface area contributed by atoms with Crippen molar-refractivity contribution in [3.8, 4) is 5.75 Å². The summed E-state index contributed by atoms with van der Waals surface area (Å²) in [6, 6.07) is 3.77. The zero-order chi connectivity index (χ0) is 14.9. The molecule has 8 heteroatoms. The van der Waals surface area contributed by atoms with Gasteiger partial charge in [0.2, 0.25) is 0 Å². The first-order valence-electron chi connectivity index (χ1n) is 5.50. The third kappa shape index (κ3) is 2.44. The van der Waals surface area contributed by atoms with E-state index in [1.807, 2.05) is 0 Å². The molecule has 0 amide bonds. The summed E-state index contributed by atoms with van der Waals surface area (Å²) in [5, 5.41) is 11.2. The summed E-state index contributed by atoms with van der Waals surface area (Å²) < 4.78 is 9.47. The molecule has 0 radical (unpaired) electrons. The fraction of sp³-hybridized carbons (Fsp3) is 0.167. The Morgan fingerprint density at radius 3 is 2.55 bits per heavy atom. The lowest BCUT2D eigenvalue weighted by Crippen LogP contribution is -2.03. The van der Waals surface area contributed by atoms with Gasteiger partial charge in [0.25, 0.3) is 5.69 Å². The molecule has 1 aromatic carbocycles. The summed E-state index contributed by atoms with van der Waals surface area (Å²) >= 11 is 0. The number of hydrogen-bond acceptors (Lipinski definition) is 6. The summed E-state index contributed by atoms with van der Waals surface area (Å²) in [5.74, 6) is -1.27. The van der Waals surface area contributed by atoms with E-state index in [1.54, 1.807) is 0 Å². The maximum atomic E-state index is 11.4. The van der Waals surface area contributed by atoms with Gasteiger partial charge in [-0.15, -0.1) is 0 Å². The molecule has 8 nitrogen and oxygen atoms in total. The minimum absolute atomic E-state index is 0.0168. The van der Waals surface area contributed by atoms with Gasteiger partial charge in [-0.1, -0.05) is 0 Å². The maximum absolute atomic E-state index is 11.4. The molecule has 1 heterocycles. The predicted octanol–water partition coefficient (Wildman–Crippen LogP) is 1.79. The van der Waals surface area contributed by atoms with E-state index < -0.39 is 16.9 Å². The minimum atomic E-state index is -0.627. The Hall–Kier alpha value is -2.90. The summed E-state index contributed by atoms with van der Waals surface area (Å²) in [5.41, 5.74) is 0.173. The van der Waals surface area contributed by atoms with Crippen molar-refractivity contribution >= 4 is 28.5 Å². The average molecular weight is 278 g/mol. The second-order valence-corrected chi connectivity index (χ2v) is 3.93. The second kappa shape index (κ2) is 5.00. The summed E-state index contributed by atoms with van der Waals surface area (Å²) in [6.45, 7) is 1.18. The van der Waals surface area contributed by atoms with E-state index in [4.69, 9.17) is 4.74 Å². The summed E-state index contributed by atoms with van der Waals surface area (Å²) in [4.78, 5) is 35.4. The van der Waals surface area contributed by atoms with Crippen LogP contribution in [0.2, 0.25) is 0 Å². The molecule has 0 spiro atoms. The SMILES string of the molecule is COC(=O)c1cc2cc([N+](=O)[O-])cc(OC(C)=O)c2[nH]1. The molecule has 0 aliphatic heterocycles. The van der Waals surface area contributed by atoms with Crippen LogP contribution in [0.15, 0.2) is 18.2 Å². The van der Waals surface area contributed by atoms with Gasteiger partial charge in [-0.05, 0) is 6.07 Å². The van der Waals surface area contributed by atoms with Crippen LogP contribution in [0, 0.1) is 10.1 Å². The van der Waals surface area contributed by atoms with Gasteiger partial charge in [0.05, 0.1) is 23.6 Å². The minimum Gasteiger partial charge on any atom is -0.464 e. The molecule has 1 N–H and O–H groups in total. The van der Waals surface area contributed by atoms with Crippen molar-refractivity contribution in [3.63, 3.8) is 0 Å². The Balaban J connectivity index is 2.66. The van der Waals surface area contributed by atoms with Gasteiger partial charge < -0.3 is 14.5 Å². The molecule has 2 rings (SSSR count). The highest BCUT2D eigenvalue weighted by atomic mass is 16.6. The van der Waals surface area contributed by atoms with Gasteiger partial charge in [0.1, 0.15) is 5.69 Å². The lowest BCUT2D eigenvalue weighted by atomic mass is 10.2. The molecular weight excluding hydrogens is 268 g/mol. The molecule has 0 bridgehead atoms. The number of nitro benzene ring substituents is 1. The van der Waals surface area contributed by atoms with E-state index in [9.17, 15) is 19.7 Å². The molecule has 2 aromatic rings. The van der Waals surface area contributed by atoms with Crippen molar-refractivity contribution in [2.24, 2.45) is 0 Å². The highest BCUT2D eigenvalue weighted by Crippen LogP contribution is 2.31. The third-order valence-corrected chi connectivity index (χ3v) is 2.55. The maximum Gasteiger partial charge on any atom is 0.354 e. The average Bonchev–Trinajstić information content (AvgIpc) is 2.81. The topological polar surface area (TPSA) is 112 Å². The number of nitro groups is 1. The van der Waals surface area contributed by atoms with Crippen LogP contribution in [0.3, 0.4) is 0 Å². The highest BCUT2D eigenvalue weighted by Gasteiger charge is 2.18. The molecule has 20 heavy (non-hydrogen) atoms. The van der Waals surface area contributed by atoms with E-state index in [0.29, 0.717) is 10.9 Å². The normalized spacial score (nSPS) is 10.3. The number of rotatable bonds is 3. The number of benzene rings is 1. The van der Waals surface area contributed by atoms with E-state index in [2.05, 4.69) is 9.72 Å². The lowest BCUT2D eigenvalue weighted by Gasteiger charge is -2.03. The molecular formula is C12H10N2O6. The Morgan fingerprint density at radius 1 is 1.30 bits per heavy atom. The van der Waals surface area contributed by atoms with Crippen LogP contribution in [-0.4, -0.2) is 29.0 Å². The number of aromatic amines is 1. The Morgan fingerprint density at radius 2 is 2.00 bits per heavy atom. The molecule has 0 fully saturated rings. The Labute approximate surface area is 112 Å². The van der Waals surface area contributed by atoms with Crippen LogP contribution in [0.4, 0.5) is 5.69 Å². The number of hydrogen-bond donors (Lipinski definition) is 1. The lowest BCUT2D eigenvalue weighted by molar-refractivity contribution is -0.384. The number of carbonyl (C=O) groups excluding carboxylic acids is 2. The number of ether oxygens (including phenoxy) is 2. The molecule has 0 atom stereocenters. The van der Waals surface area contributed by atoms with Crippen LogP contribution in [-0.2, 0) is 9.53 Å². The van der Waals surface area contributed by atoms with Crippen LogP contribution in [0.1, 0.15) is 17.4 Å². The van der Waals surface area contributed by atoms with Crippen molar-refractivity contribution in [2.45, 2.75) is 6.92 Å². The Kier molecular flexibility index (Phi) is 3.38. The molecule has 0 unspecified atom stereocenters. The summed E-state index contributed by atoms with van der Waals surface area (Å²) in [7, 11) is 1.21. The first-order valence-corrected chi connectivity index (χ1v) is 5.50. The number of non-ortho nitro benzene ring substituents is 1. The number of methoxy groups -OCH3 is 1. The van der Waals surface area contributed by atoms with E-state index in [-0.39, 0.29) is 17.1 Å². The molecule has 0 saturated carbocycles. The van der Waals surface area contributed by atoms with Crippen molar-refractivity contribution in [2.75, 3.05) is 7.11 Å². The Bertz CT molecular complexity index is 718. The monoisotopic (exact) mass is 278 g/mol. The quantitative estimate of drug-likeness (QED) is 0.396. The zero-order valence-electron chi connectivity index (χ0n) is 10.6. The van der Waals surface area contributed by atoms with Crippen molar-refractivity contribution in [1.82, 2.24) is 4.98 Å².